The van der Waals surface area contributed by atoms with Gasteiger partial charge in [-0.3, -0.25) is 0 Å². The summed E-state index contributed by atoms with van der Waals surface area (Å²) in [6, 6.07) is 7.95. The highest BCUT2D eigenvalue weighted by molar-refractivity contribution is 6.28. The molecule has 0 saturated carbocycles. The van der Waals surface area contributed by atoms with E-state index >= 15 is 0 Å². The molecule has 0 saturated heterocycles. The Kier molecular flexibility index (Phi) is 3.13. The van der Waals surface area contributed by atoms with Crippen LogP contribution in [-0.4, -0.2) is 23.1 Å². The van der Waals surface area contributed by atoms with Gasteiger partial charge in [0.15, 0.2) is 5.82 Å². The monoisotopic (exact) mass is 276 g/mol. The first kappa shape index (κ1) is 12.0. The van der Waals surface area contributed by atoms with Gasteiger partial charge in [0.1, 0.15) is 12.4 Å². The first-order valence-corrected chi connectivity index (χ1v) is 6.35. The van der Waals surface area contributed by atoms with Crippen molar-refractivity contribution in [3.63, 3.8) is 0 Å². The SMILES string of the molecule is Nc1cnc(Cl)nc1N1CCOc2ccccc2C1. The molecule has 98 valence electrons. The number of halogens is 1. The molecule has 0 radical (unpaired) electrons. The van der Waals surface area contributed by atoms with Crippen LogP contribution in [0.3, 0.4) is 0 Å². The lowest BCUT2D eigenvalue weighted by atomic mass is 10.2. The summed E-state index contributed by atoms with van der Waals surface area (Å²) in [5.74, 6) is 1.56. The summed E-state index contributed by atoms with van der Waals surface area (Å²) < 4.78 is 5.71. The number of hydrogen-bond donors (Lipinski definition) is 1. The predicted octanol–water partition coefficient (Wildman–Crippen LogP) is 2.11. The van der Waals surface area contributed by atoms with Crippen molar-refractivity contribution in [3.8, 4) is 5.75 Å². The average Bonchev–Trinajstić information content (AvgIpc) is 2.63. The van der Waals surface area contributed by atoms with Gasteiger partial charge in [0.25, 0.3) is 0 Å². The van der Waals surface area contributed by atoms with E-state index in [0.29, 0.717) is 31.2 Å². The topological polar surface area (TPSA) is 64.3 Å². The Hall–Kier alpha value is -2.01. The van der Waals surface area contributed by atoms with E-state index in [1.165, 1.54) is 6.20 Å². The van der Waals surface area contributed by atoms with Gasteiger partial charge in [-0.15, -0.1) is 0 Å². The van der Waals surface area contributed by atoms with Crippen molar-refractivity contribution in [2.45, 2.75) is 6.54 Å². The zero-order valence-electron chi connectivity index (χ0n) is 10.2. The lowest BCUT2D eigenvalue weighted by molar-refractivity contribution is 0.331. The number of aromatic nitrogens is 2. The van der Waals surface area contributed by atoms with Crippen LogP contribution in [0.5, 0.6) is 5.75 Å². The summed E-state index contributed by atoms with van der Waals surface area (Å²) in [7, 11) is 0. The highest BCUT2D eigenvalue weighted by atomic mass is 35.5. The van der Waals surface area contributed by atoms with Gasteiger partial charge in [-0.25, -0.2) is 4.98 Å². The molecular formula is C13H13ClN4O. The maximum atomic E-state index is 5.93. The van der Waals surface area contributed by atoms with Gasteiger partial charge < -0.3 is 15.4 Å². The number of nitrogens with zero attached hydrogens (tertiary/aromatic N) is 3. The van der Waals surface area contributed by atoms with Crippen molar-refractivity contribution >= 4 is 23.1 Å². The summed E-state index contributed by atoms with van der Waals surface area (Å²) in [6.07, 6.45) is 1.53. The molecule has 0 bridgehead atoms. The first-order chi connectivity index (χ1) is 9.24. The van der Waals surface area contributed by atoms with E-state index in [-0.39, 0.29) is 5.28 Å². The van der Waals surface area contributed by atoms with Crippen LogP contribution in [0.4, 0.5) is 11.5 Å². The number of hydrogen-bond acceptors (Lipinski definition) is 5. The molecule has 2 aromatic rings. The third-order valence-electron chi connectivity index (χ3n) is 3.02. The average molecular weight is 277 g/mol. The smallest absolute Gasteiger partial charge is 0.224 e. The Labute approximate surface area is 116 Å². The van der Waals surface area contributed by atoms with E-state index in [2.05, 4.69) is 14.9 Å². The molecule has 1 aromatic heterocycles. The van der Waals surface area contributed by atoms with Crippen LogP contribution in [0.15, 0.2) is 30.5 Å². The van der Waals surface area contributed by atoms with Gasteiger partial charge in [0, 0.05) is 12.1 Å². The molecule has 0 spiro atoms. The second-order valence-corrected chi connectivity index (χ2v) is 4.63. The Morgan fingerprint density at radius 3 is 3.05 bits per heavy atom. The number of para-hydroxylation sites is 1. The van der Waals surface area contributed by atoms with Gasteiger partial charge in [-0.1, -0.05) is 18.2 Å². The van der Waals surface area contributed by atoms with Gasteiger partial charge in [0.2, 0.25) is 5.28 Å². The molecule has 2 heterocycles. The third kappa shape index (κ3) is 2.42. The number of fused-ring (bicyclic) bond motifs is 1. The fraction of sp³-hybridized carbons (Fsp3) is 0.231. The molecule has 0 aliphatic carbocycles. The lowest BCUT2D eigenvalue weighted by Gasteiger charge is -2.22. The van der Waals surface area contributed by atoms with Crippen molar-refractivity contribution in [2.24, 2.45) is 0 Å². The third-order valence-corrected chi connectivity index (χ3v) is 3.20. The molecule has 3 rings (SSSR count). The molecule has 0 atom stereocenters. The van der Waals surface area contributed by atoms with Gasteiger partial charge >= 0.3 is 0 Å². The standard InChI is InChI=1S/C13H13ClN4O/c14-13-16-7-10(15)12(17-13)18-5-6-19-11-4-2-1-3-9(11)8-18/h1-4,7H,5-6,8,15H2. The van der Waals surface area contributed by atoms with Crippen LogP contribution in [0.1, 0.15) is 5.56 Å². The van der Waals surface area contributed by atoms with Crippen LogP contribution in [0.25, 0.3) is 0 Å². The molecule has 0 unspecified atom stereocenters. The minimum absolute atomic E-state index is 0.197. The summed E-state index contributed by atoms with van der Waals surface area (Å²) in [6.45, 7) is 1.97. The van der Waals surface area contributed by atoms with Gasteiger partial charge in [0.05, 0.1) is 18.4 Å². The molecule has 19 heavy (non-hydrogen) atoms. The molecule has 1 aromatic carbocycles. The summed E-state index contributed by atoms with van der Waals surface area (Å²) in [4.78, 5) is 10.1. The molecule has 2 N–H and O–H groups in total. The first-order valence-electron chi connectivity index (χ1n) is 5.98. The van der Waals surface area contributed by atoms with Gasteiger partial charge in [-0.2, -0.15) is 4.98 Å². The van der Waals surface area contributed by atoms with Crippen molar-refractivity contribution < 1.29 is 4.74 Å². The predicted molar refractivity (Wildman–Crippen MR) is 74.4 cm³/mol. The second kappa shape index (κ2) is 4.93. The Morgan fingerprint density at radius 2 is 2.16 bits per heavy atom. The molecule has 0 amide bonds. The number of benzene rings is 1. The zero-order valence-corrected chi connectivity index (χ0v) is 11.0. The minimum Gasteiger partial charge on any atom is -0.491 e. The number of rotatable bonds is 1. The largest absolute Gasteiger partial charge is 0.491 e. The molecular weight excluding hydrogens is 264 g/mol. The zero-order chi connectivity index (χ0) is 13.2. The number of ether oxygens (including phenoxy) is 1. The molecule has 5 nitrogen and oxygen atoms in total. The Morgan fingerprint density at radius 1 is 1.32 bits per heavy atom. The van der Waals surface area contributed by atoms with Crippen molar-refractivity contribution in [2.75, 3.05) is 23.8 Å². The maximum absolute atomic E-state index is 5.93. The van der Waals surface area contributed by atoms with Gasteiger partial charge in [-0.05, 0) is 17.7 Å². The molecule has 1 aliphatic rings. The molecule has 0 fully saturated rings. The van der Waals surface area contributed by atoms with Crippen molar-refractivity contribution in [3.05, 3.63) is 41.3 Å². The van der Waals surface area contributed by atoms with Crippen LogP contribution in [-0.2, 0) is 6.54 Å². The quantitative estimate of drug-likeness (QED) is 0.808. The second-order valence-electron chi connectivity index (χ2n) is 4.30. The fourth-order valence-corrected chi connectivity index (χ4v) is 2.25. The van der Waals surface area contributed by atoms with Crippen molar-refractivity contribution in [1.82, 2.24) is 9.97 Å². The fourth-order valence-electron chi connectivity index (χ4n) is 2.12. The summed E-state index contributed by atoms with van der Waals surface area (Å²) in [5, 5.41) is 0.197. The minimum atomic E-state index is 0.197. The normalized spacial score (nSPS) is 14.5. The Balaban J connectivity index is 1.96. The number of nitrogens with two attached hydrogens (primary N) is 1. The van der Waals surface area contributed by atoms with Crippen LogP contribution in [0, 0.1) is 0 Å². The van der Waals surface area contributed by atoms with Crippen LogP contribution in [0.2, 0.25) is 5.28 Å². The highest BCUT2D eigenvalue weighted by Gasteiger charge is 2.18. The number of anilines is 2. The molecule has 6 heteroatoms. The molecule has 1 aliphatic heterocycles. The van der Waals surface area contributed by atoms with E-state index in [1.54, 1.807) is 0 Å². The van der Waals surface area contributed by atoms with E-state index in [1.807, 2.05) is 24.3 Å². The van der Waals surface area contributed by atoms with Crippen LogP contribution >= 0.6 is 11.6 Å². The van der Waals surface area contributed by atoms with E-state index < -0.39 is 0 Å². The van der Waals surface area contributed by atoms with E-state index in [0.717, 1.165) is 11.3 Å². The maximum Gasteiger partial charge on any atom is 0.224 e. The number of nitrogen functional groups attached to an aromatic ring is 1. The highest BCUT2D eigenvalue weighted by Crippen LogP contribution is 2.28. The van der Waals surface area contributed by atoms with Crippen molar-refractivity contribution in [1.29, 1.82) is 0 Å². The van der Waals surface area contributed by atoms with E-state index in [9.17, 15) is 0 Å². The lowest BCUT2D eigenvalue weighted by Crippen LogP contribution is -2.27. The summed E-state index contributed by atoms with van der Waals surface area (Å²) in [5.41, 5.74) is 7.55. The van der Waals surface area contributed by atoms with Crippen LogP contribution < -0.4 is 15.4 Å². The Bertz CT molecular complexity index is 605. The van der Waals surface area contributed by atoms with E-state index in [4.69, 9.17) is 22.1 Å². The summed E-state index contributed by atoms with van der Waals surface area (Å²) >= 11 is 5.84.